The van der Waals surface area contributed by atoms with E-state index in [0.29, 0.717) is 22.4 Å². The molecule has 3 heterocycles. The zero-order valence-corrected chi connectivity index (χ0v) is 12.9. The molecule has 0 saturated heterocycles. The Hall–Kier alpha value is -2.94. The topological polar surface area (TPSA) is 90.9 Å². The van der Waals surface area contributed by atoms with Crippen LogP contribution in [0, 0.1) is 0 Å². The van der Waals surface area contributed by atoms with Crippen molar-refractivity contribution in [1.29, 1.82) is 0 Å². The van der Waals surface area contributed by atoms with Crippen LogP contribution in [0.15, 0.2) is 53.9 Å². The molecule has 0 spiro atoms. The van der Waals surface area contributed by atoms with Gasteiger partial charge in [-0.2, -0.15) is 4.52 Å². The third-order valence-corrected chi connectivity index (χ3v) is 4.09. The van der Waals surface area contributed by atoms with Crippen LogP contribution in [0.25, 0.3) is 22.9 Å². The SMILES string of the molecule is C[S@](=O)c1nncn1-c1ccc2nnc(-c3ccccc3)n2n1. The first-order valence-electron chi connectivity index (χ1n) is 6.76. The van der Waals surface area contributed by atoms with Gasteiger partial charge >= 0.3 is 0 Å². The summed E-state index contributed by atoms with van der Waals surface area (Å²) in [6, 6.07) is 13.2. The highest BCUT2D eigenvalue weighted by atomic mass is 32.2. The molecule has 0 fully saturated rings. The van der Waals surface area contributed by atoms with Crippen LogP contribution in [-0.2, 0) is 10.8 Å². The Balaban J connectivity index is 1.91. The number of aromatic nitrogens is 7. The maximum absolute atomic E-state index is 11.7. The lowest BCUT2D eigenvalue weighted by molar-refractivity contribution is 0.673. The van der Waals surface area contributed by atoms with Crippen LogP contribution in [0.5, 0.6) is 0 Å². The number of hydrogen-bond donors (Lipinski definition) is 0. The normalized spacial score (nSPS) is 12.6. The van der Waals surface area contributed by atoms with Gasteiger partial charge in [0.1, 0.15) is 6.33 Å². The minimum absolute atomic E-state index is 0.339. The fourth-order valence-corrected chi connectivity index (χ4v) is 2.83. The molecule has 0 unspecified atom stereocenters. The second kappa shape index (κ2) is 5.36. The van der Waals surface area contributed by atoms with Crippen LogP contribution in [0.2, 0.25) is 0 Å². The predicted octanol–water partition coefficient (Wildman–Crippen LogP) is 1.11. The van der Waals surface area contributed by atoms with Crippen molar-refractivity contribution in [3.63, 3.8) is 0 Å². The maximum Gasteiger partial charge on any atom is 0.226 e. The second-order valence-corrected chi connectivity index (χ2v) is 6.06. The molecular weight excluding hydrogens is 314 g/mol. The number of fused-ring (bicyclic) bond motifs is 1. The monoisotopic (exact) mass is 325 g/mol. The summed E-state index contributed by atoms with van der Waals surface area (Å²) < 4.78 is 15.0. The molecule has 4 rings (SSSR count). The summed E-state index contributed by atoms with van der Waals surface area (Å²) in [6.45, 7) is 0. The van der Waals surface area contributed by atoms with Crippen molar-refractivity contribution in [3.8, 4) is 17.2 Å². The Bertz CT molecular complexity index is 1010. The summed E-state index contributed by atoms with van der Waals surface area (Å²) in [7, 11) is -1.27. The molecule has 1 aromatic carbocycles. The summed E-state index contributed by atoms with van der Waals surface area (Å²) >= 11 is 0. The van der Waals surface area contributed by atoms with E-state index < -0.39 is 10.8 Å². The van der Waals surface area contributed by atoms with E-state index in [0.717, 1.165) is 5.56 Å². The standard InChI is InChI=1S/C14H11N7OS/c1-23(22)14-18-15-9-20(14)12-8-7-11-16-17-13(21(11)19-12)10-5-3-2-4-6-10/h2-9H,1H3/t23-/m0/s1. The minimum atomic E-state index is -1.27. The molecule has 1 atom stereocenters. The van der Waals surface area contributed by atoms with Crippen LogP contribution >= 0.6 is 0 Å². The molecule has 114 valence electrons. The highest BCUT2D eigenvalue weighted by Gasteiger charge is 2.14. The van der Waals surface area contributed by atoms with Gasteiger partial charge in [0.2, 0.25) is 5.16 Å². The second-order valence-electron chi connectivity index (χ2n) is 4.79. The number of rotatable bonds is 3. The first-order chi connectivity index (χ1) is 11.2. The molecule has 0 bridgehead atoms. The predicted molar refractivity (Wildman–Crippen MR) is 83.5 cm³/mol. The van der Waals surface area contributed by atoms with Gasteiger partial charge in [-0.05, 0) is 12.1 Å². The Morgan fingerprint density at radius 2 is 1.83 bits per heavy atom. The molecule has 0 saturated carbocycles. The molecule has 0 radical (unpaired) electrons. The fraction of sp³-hybridized carbons (Fsp3) is 0.0714. The number of nitrogens with zero attached hydrogens (tertiary/aromatic N) is 7. The Morgan fingerprint density at radius 3 is 2.61 bits per heavy atom. The smallest absolute Gasteiger partial charge is 0.226 e. The van der Waals surface area contributed by atoms with E-state index in [1.54, 1.807) is 27.5 Å². The quantitative estimate of drug-likeness (QED) is 0.560. The van der Waals surface area contributed by atoms with Gasteiger partial charge in [0, 0.05) is 11.8 Å². The molecule has 0 amide bonds. The Labute approximate surface area is 133 Å². The van der Waals surface area contributed by atoms with Crippen molar-refractivity contribution in [2.45, 2.75) is 5.16 Å². The van der Waals surface area contributed by atoms with Crippen molar-refractivity contribution in [3.05, 3.63) is 48.8 Å². The van der Waals surface area contributed by atoms with Crippen molar-refractivity contribution in [2.24, 2.45) is 0 Å². The molecule has 3 aromatic heterocycles. The van der Waals surface area contributed by atoms with Gasteiger partial charge in [-0.1, -0.05) is 30.3 Å². The first kappa shape index (κ1) is 13.7. The van der Waals surface area contributed by atoms with Crippen LogP contribution < -0.4 is 0 Å². The first-order valence-corrected chi connectivity index (χ1v) is 8.31. The van der Waals surface area contributed by atoms with Crippen LogP contribution in [0.1, 0.15) is 0 Å². The molecular formula is C14H11N7OS. The summed E-state index contributed by atoms with van der Waals surface area (Å²) in [5.41, 5.74) is 1.53. The van der Waals surface area contributed by atoms with E-state index in [4.69, 9.17) is 0 Å². The molecule has 0 aliphatic heterocycles. The maximum atomic E-state index is 11.7. The lowest BCUT2D eigenvalue weighted by Crippen LogP contribution is -2.06. The van der Waals surface area contributed by atoms with Crippen molar-refractivity contribution in [1.82, 2.24) is 34.6 Å². The number of benzene rings is 1. The zero-order valence-electron chi connectivity index (χ0n) is 12.1. The van der Waals surface area contributed by atoms with Gasteiger partial charge in [0.15, 0.2) is 17.3 Å². The van der Waals surface area contributed by atoms with E-state index in [2.05, 4.69) is 25.5 Å². The average molecular weight is 325 g/mol. The molecule has 4 aromatic rings. The Morgan fingerprint density at radius 1 is 1.00 bits per heavy atom. The van der Waals surface area contributed by atoms with Gasteiger partial charge < -0.3 is 0 Å². The van der Waals surface area contributed by atoms with Crippen molar-refractivity contribution < 1.29 is 4.21 Å². The molecule has 23 heavy (non-hydrogen) atoms. The fourth-order valence-electron chi connectivity index (χ4n) is 2.25. The molecule has 0 aliphatic rings. The summed E-state index contributed by atoms with van der Waals surface area (Å²) in [5, 5.41) is 20.9. The van der Waals surface area contributed by atoms with Gasteiger partial charge in [-0.25, -0.2) is 0 Å². The lowest BCUT2D eigenvalue weighted by Gasteiger charge is -2.05. The molecule has 0 aliphatic carbocycles. The van der Waals surface area contributed by atoms with Gasteiger partial charge in [-0.15, -0.1) is 25.5 Å². The zero-order chi connectivity index (χ0) is 15.8. The Kier molecular flexibility index (Phi) is 3.19. The van der Waals surface area contributed by atoms with E-state index >= 15 is 0 Å². The third-order valence-electron chi connectivity index (χ3n) is 3.30. The van der Waals surface area contributed by atoms with Crippen LogP contribution in [0.4, 0.5) is 0 Å². The number of hydrogen-bond acceptors (Lipinski definition) is 6. The lowest BCUT2D eigenvalue weighted by atomic mass is 10.2. The van der Waals surface area contributed by atoms with Gasteiger partial charge in [-0.3, -0.25) is 8.78 Å². The highest BCUT2D eigenvalue weighted by molar-refractivity contribution is 7.84. The van der Waals surface area contributed by atoms with Gasteiger partial charge in [0.25, 0.3) is 0 Å². The van der Waals surface area contributed by atoms with E-state index in [1.807, 2.05) is 30.3 Å². The summed E-state index contributed by atoms with van der Waals surface area (Å²) in [4.78, 5) is 0. The van der Waals surface area contributed by atoms with Crippen LogP contribution in [-0.4, -0.2) is 45.0 Å². The van der Waals surface area contributed by atoms with E-state index in [9.17, 15) is 4.21 Å². The minimum Gasteiger partial charge on any atom is -0.257 e. The van der Waals surface area contributed by atoms with Crippen LogP contribution in [0.3, 0.4) is 0 Å². The molecule has 0 N–H and O–H groups in total. The van der Waals surface area contributed by atoms with E-state index in [-0.39, 0.29) is 0 Å². The highest BCUT2D eigenvalue weighted by Crippen LogP contribution is 2.18. The van der Waals surface area contributed by atoms with Crippen molar-refractivity contribution >= 4 is 16.4 Å². The van der Waals surface area contributed by atoms with E-state index in [1.165, 1.54) is 6.33 Å². The summed E-state index contributed by atoms with van der Waals surface area (Å²) in [5.74, 6) is 1.18. The summed E-state index contributed by atoms with van der Waals surface area (Å²) in [6.07, 6.45) is 3.03. The van der Waals surface area contributed by atoms with Gasteiger partial charge in [0.05, 0.1) is 10.8 Å². The van der Waals surface area contributed by atoms with Crippen molar-refractivity contribution in [2.75, 3.05) is 6.26 Å². The third kappa shape index (κ3) is 2.30. The molecule has 8 nitrogen and oxygen atoms in total. The molecule has 9 heteroatoms. The largest absolute Gasteiger partial charge is 0.257 e. The average Bonchev–Trinajstić information content (AvgIpc) is 3.22.